The van der Waals surface area contributed by atoms with E-state index < -0.39 is 23.1 Å². The minimum absolute atomic E-state index is 0.125. The summed E-state index contributed by atoms with van der Waals surface area (Å²) in [5, 5.41) is 20.3. The molecule has 0 atom stereocenters. The predicted octanol–water partition coefficient (Wildman–Crippen LogP) is 4.47. The molecule has 1 aromatic heterocycles. The SMILES string of the molecule is Fc1ccc(C2(c3ccc(Cn4nnc(-c5ccccc5)n4)cc3)N=N2)c(F)c1F. The second kappa shape index (κ2) is 6.87. The van der Waals surface area contributed by atoms with Gasteiger partial charge in [0.1, 0.15) is 0 Å². The fourth-order valence-corrected chi connectivity index (χ4v) is 3.24. The minimum Gasteiger partial charge on any atom is -0.204 e. The van der Waals surface area contributed by atoms with Crippen LogP contribution < -0.4 is 0 Å². The highest BCUT2D eigenvalue weighted by Crippen LogP contribution is 2.47. The Kier molecular flexibility index (Phi) is 4.16. The highest BCUT2D eigenvalue weighted by Gasteiger charge is 2.47. The molecule has 4 aromatic rings. The molecule has 9 heteroatoms. The van der Waals surface area contributed by atoms with E-state index in [9.17, 15) is 13.2 Å². The average Bonchev–Trinajstić information content (AvgIpc) is 3.44. The van der Waals surface area contributed by atoms with Crippen molar-refractivity contribution >= 4 is 0 Å². The first-order chi connectivity index (χ1) is 14.6. The first kappa shape index (κ1) is 18.2. The van der Waals surface area contributed by atoms with Gasteiger partial charge in [-0.25, -0.2) is 13.2 Å². The third-order valence-electron chi connectivity index (χ3n) is 4.88. The van der Waals surface area contributed by atoms with E-state index in [1.807, 2.05) is 30.3 Å². The van der Waals surface area contributed by atoms with Crippen LogP contribution >= 0.6 is 0 Å². The van der Waals surface area contributed by atoms with E-state index in [0.717, 1.165) is 23.3 Å². The molecule has 0 bridgehead atoms. The van der Waals surface area contributed by atoms with E-state index in [0.29, 0.717) is 17.9 Å². The highest BCUT2D eigenvalue weighted by molar-refractivity contribution is 5.53. The lowest BCUT2D eigenvalue weighted by molar-refractivity contribution is 0.435. The number of nitrogens with zero attached hydrogens (tertiary/aromatic N) is 6. The second-order valence-electron chi connectivity index (χ2n) is 6.80. The second-order valence-corrected chi connectivity index (χ2v) is 6.80. The summed E-state index contributed by atoms with van der Waals surface area (Å²) in [7, 11) is 0. The zero-order chi connectivity index (χ0) is 20.7. The fourth-order valence-electron chi connectivity index (χ4n) is 3.24. The Bertz CT molecular complexity index is 1250. The van der Waals surface area contributed by atoms with Gasteiger partial charge in [-0.1, -0.05) is 54.6 Å². The van der Waals surface area contributed by atoms with Crippen molar-refractivity contribution in [1.82, 2.24) is 20.2 Å². The molecule has 0 unspecified atom stereocenters. The van der Waals surface area contributed by atoms with Crippen LogP contribution in [0.2, 0.25) is 0 Å². The van der Waals surface area contributed by atoms with Gasteiger partial charge in [-0.05, 0) is 22.9 Å². The number of tetrazole rings is 1. The first-order valence-electron chi connectivity index (χ1n) is 9.07. The summed E-state index contributed by atoms with van der Waals surface area (Å²) in [6.45, 7) is 0.376. The molecule has 2 heterocycles. The van der Waals surface area contributed by atoms with Crippen LogP contribution in [-0.2, 0) is 12.2 Å². The Balaban J connectivity index is 1.37. The van der Waals surface area contributed by atoms with Crippen LogP contribution in [0.5, 0.6) is 0 Å². The van der Waals surface area contributed by atoms with Crippen LogP contribution in [0, 0.1) is 17.5 Å². The van der Waals surface area contributed by atoms with E-state index in [1.165, 1.54) is 4.80 Å². The van der Waals surface area contributed by atoms with Gasteiger partial charge in [-0.2, -0.15) is 4.80 Å². The van der Waals surface area contributed by atoms with Gasteiger partial charge in [-0.3, -0.25) is 0 Å². The predicted molar refractivity (Wildman–Crippen MR) is 101 cm³/mol. The number of rotatable bonds is 5. The molecule has 0 saturated carbocycles. The van der Waals surface area contributed by atoms with Gasteiger partial charge >= 0.3 is 0 Å². The number of aromatic nitrogens is 4. The molecular formula is C21H13F3N6. The van der Waals surface area contributed by atoms with Crippen molar-refractivity contribution in [2.75, 3.05) is 0 Å². The third kappa shape index (κ3) is 3.04. The summed E-state index contributed by atoms with van der Waals surface area (Å²) in [5.41, 5.74) is 0.819. The van der Waals surface area contributed by atoms with Crippen molar-refractivity contribution in [2.45, 2.75) is 12.2 Å². The van der Waals surface area contributed by atoms with Gasteiger partial charge in [0.15, 0.2) is 17.5 Å². The largest absolute Gasteiger partial charge is 0.243 e. The number of benzene rings is 3. The van der Waals surface area contributed by atoms with E-state index in [4.69, 9.17) is 0 Å². The molecule has 1 aliphatic rings. The quantitative estimate of drug-likeness (QED) is 0.459. The Morgan fingerprint density at radius 2 is 1.53 bits per heavy atom. The maximum atomic E-state index is 14.2. The van der Waals surface area contributed by atoms with Crippen LogP contribution in [-0.4, -0.2) is 20.2 Å². The summed E-state index contributed by atoms with van der Waals surface area (Å²) in [5.74, 6) is -3.55. The lowest BCUT2D eigenvalue weighted by Crippen LogP contribution is -2.15. The molecule has 6 nitrogen and oxygen atoms in total. The van der Waals surface area contributed by atoms with Crippen molar-refractivity contribution < 1.29 is 13.2 Å². The number of halogens is 3. The summed E-state index contributed by atoms with van der Waals surface area (Å²) >= 11 is 0. The lowest BCUT2D eigenvalue weighted by atomic mass is 9.93. The monoisotopic (exact) mass is 406 g/mol. The molecule has 0 saturated heterocycles. The summed E-state index contributed by atoms with van der Waals surface area (Å²) in [6.07, 6.45) is 0. The lowest BCUT2D eigenvalue weighted by Gasteiger charge is -2.13. The first-order valence-corrected chi connectivity index (χ1v) is 9.07. The Morgan fingerprint density at radius 3 is 2.23 bits per heavy atom. The molecule has 0 spiro atoms. The van der Waals surface area contributed by atoms with Crippen molar-refractivity contribution in [3.8, 4) is 11.4 Å². The van der Waals surface area contributed by atoms with Crippen LogP contribution in [0.1, 0.15) is 16.7 Å². The Morgan fingerprint density at radius 1 is 0.800 bits per heavy atom. The van der Waals surface area contributed by atoms with Gasteiger partial charge in [-0.15, -0.1) is 20.4 Å². The zero-order valence-electron chi connectivity index (χ0n) is 15.4. The maximum Gasteiger partial charge on any atom is 0.243 e. The molecule has 0 radical (unpaired) electrons. The molecule has 0 aliphatic carbocycles. The van der Waals surface area contributed by atoms with Gasteiger partial charge in [0.2, 0.25) is 11.5 Å². The smallest absolute Gasteiger partial charge is 0.204 e. The zero-order valence-corrected chi connectivity index (χ0v) is 15.4. The van der Waals surface area contributed by atoms with E-state index in [2.05, 4.69) is 25.6 Å². The molecule has 3 aromatic carbocycles. The molecule has 1 aliphatic heterocycles. The van der Waals surface area contributed by atoms with Crippen molar-refractivity contribution in [2.24, 2.45) is 10.2 Å². The van der Waals surface area contributed by atoms with E-state index >= 15 is 0 Å². The molecule has 5 rings (SSSR count). The van der Waals surface area contributed by atoms with Crippen LogP contribution in [0.3, 0.4) is 0 Å². The summed E-state index contributed by atoms with van der Waals surface area (Å²) in [6, 6.07) is 18.5. The standard InChI is InChI=1S/C21H13F3N6/c22-17-11-10-16(18(23)19(17)24)21(27-28-21)15-8-6-13(7-9-15)12-30-26-20(25-29-30)14-4-2-1-3-5-14/h1-11H,12H2. The van der Waals surface area contributed by atoms with E-state index in [1.54, 1.807) is 24.3 Å². The number of hydrogen-bond donors (Lipinski definition) is 0. The van der Waals surface area contributed by atoms with Gasteiger partial charge in [0, 0.05) is 16.7 Å². The fraction of sp³-hybridized carbons (Fsp3) is 0.0952. The molecule has 0 amide bonds. The van der Waals surface area contributed by atoms with Crippen molar-refractivity contribution in [3.05, 3.63) is 101 Å². The summed E-state index contributed by atoms with van der Waals surface area (Å²) in [4.78, 5) is 1.47. The Labute approximate surface area is 168 Å². The van der Waals surface area contributed by atoms with Crippen LogP contribution in [0.15, 0.2) is 77.0 Å². The van der Waals surface area contributed by atoms with Gasteiger partial charge < -0.3 is 0 Å². The normalized spacial score (nSPS) is 14.1. The molecule has 0 N–H and O–H groups in total. The topological polar surface area (TPSA) is 68.3 Å². The molecule has 30 heavy (non-hydrogen) atoms. The molecule has 148 valence electrons. The van der Waals surface area contributed by atoms with Crippen LogP contribution in [0.25, 0.3) is 11.4 Å². The van der Waals surface area contributed by atoms with Crippen molar-refractivity contribution in [1.29, 1.82) is 0 Å². The molecule has 0 fully saturated rings. The van der Waals surface area contributed by atoms with Gasteiger partial charge in [0.25, 0.3) is 0 Å². The third-order valence-corrected chi connectivity index (χ3v) is 4.88. The average molecular weight is 406 g/mol. The highest BCUT2D eigenvalue weighted by atomic mass is 19.2. The van der Waals surface area contributed by atoms with Crippen LogP contribution in [0.4, 0.5) is 13.2 Å². The minimum atomic E-state index is -1.53. The Hall–Kier alpha value is -3.88. The van der Waals surface area contributed by atoms with Crippen molar-refractivity contribution in [3.63, 3.8) is 0 Å². The van der Waals surface area contributed by atoms with E-state index in [-0.39, 0.29) is 5.56 Å². The number of hydrogen-bond acceptors (Lipinski definition) is 5. The van der Waals surface area contributed by atoms with Gasteiger partial charge in [0.05, 0.1) is 6.54 Å². The summed E-state index contributed by atoms with van der Waals surface area (Å²) < 4.78 is 41.1. The maximum absolute atomic E-state index is 14.2. The molecular weight excluding hydrogens is 393 g/mol.